The predicted octanol–water partition coefficient (Wildman–Crippen LogP) is 15.1. The van der Waals surface area contributed by atoms with Gasteiger partial charge in [-0.2, -0.15) is 0 Å². The Kier molecular flexibility index (Phi) is 7.39. The van der Waals surface area contributed by atoms with E-state index < -0.39 is 0 Å². The lowest BCUT2D eigenvalue weighted by atomic mass is 9.94. The van der Waals surface area contributed by atoms with Gasteiger partial charge in [0.2, 0.25) is 0 Å². The fraction of sp³-hybridized carbons (Fsp3) is 0. The maximum atomic E-state index is 2.47. The van der Waals surface area contributed by atoms with E-state index in [2.05, 4.69) is 216 Å². The van der Waals surface area contributed by atoms with Gasteiger partial charge in [0, 0.05) is 53.6 Å². The largest absolute Gasteiger partial charge is 0.310 e. The summed E-state index contributed by atoms with van der Waals surface area (Å²) in [5, 5.41) is 7.58. The molecule has 0 saturated carbocycles. The molecule has 55 heavy (non-hydrogen) atoms. The zero-order valence-electron chi connectivity index (χ0n) is 29.9. The maximum absolute atomic E-state index is 2.47. The predicted molar refractivity (Wildman–Crippen MR) is 237 cm³/mol. The SMILES string of the molecule is c1ccc(-c2ccc(-c3cccc4ccccc34)cc2N(c2cccc(-n3c4ccccc4c4ccccc43)c2)c2ccc3c(c2)sc2ccccc23)cc1. The van der Waals surface area contributed by atoms with Gasteiger partial charge in [-0.15, -0.1) is 11.3 Å². The molecule has 3 heteroatoms. The van der Waals surface area contributed by atoms with Gasteiger partial charge < -0.3 is 9.47 Å². The van der Waals surface area contributed by atoms with E-state index >= 15 is 0 Å². The van der Waals surface area contributed by atoms with E-state index in [0.29, 0.717) is 0 Å². The highest BCUT2D eigenvalue weighted by Gasteiger charge is 2.21. The first kappa shape index (κ1) is 31.6. The monoisotopic (exact) mass is 718 g/mol. The van der Waals surface area contributed by atoms with Crippen molar-refractivity contribution in [2.45, 2.75) is 0 Å². The zero-order chi connectivity index (χ0) is 36.3. The summed E-state index contributed by atoms with van der Waals surface area (Å²) in [7, 11) is 0. The van der Waals surface area contributed by atoms with Gasteiger partial charge in [0.05, 0.1) is 16.7 Å². The Balaban J connectivity index is 1.20. The Labute approximate surface area is 323 Å². The van der Waals surface area contributed by atoms with Crippen molar-refractivity contribution < 1.29 is 0 Å². The van der Waals surface area contributed by atoms with Crippen LogP contribution in [0.25, 0.3) is 80.7 Å². The third kappa shape index (κ3) is 5.24. The van der Waals surface area contributed by atoms with Crippen LogP contribution >= 0.6 is 11.3 Å². The Hall–Kier alpha value is -6.94. The van der Waals surface area contributed by atoms with E-state index in [-0.39, 0.29) is 0 Å². The Bertz CT molecular complexity index is 3170. The first-order valence-corrected chi connectivity index (χ1v) is 19.6. The zero-order valence-corrected chi connectivity index (χ0v) is 30.7. The van der Waals surface area contributed by atoms with Crippen LogP contribution in [0.1, 0.15) is 0 Å². The smallest absolute Gasteiger partial charge is 0.0546 e. The van der Waals surface area contributed by atoms with Crippen LogP contribution < -0.4 is 4.90 Å². The summed E-state index contributed by atoms with van der Waals surface area (Å²) in [5.41, 5.74) is 11.6. The normalized spacial score (nSPS) is 11.6. The average molecular weight is 719 g/mol. The van der Waals surface area contributed by atoms with Gasteiger partial charge in [-0.25, -0.2) is 0 Å². The fourth-order valence-electron chi connectivity index (χ4n) is 8.48. The highest BCUT2D eigenvalue weighted by Crippen LogP contribution is 2.46. The summed E-state index contributed by atoms with van der Waals surface area (Å²) < 4.78 is 4.98. The molecular formula is C52H34N2S. The molecule has 0 amide bonds. The first-order chi connectivity index (χ1) is 27.3. The van der Waals surface area contributed by atoms with Crippen LogP contribution in [-0.4, -0.2) is 4.57 Å². The van der Waals surface area contributed by atoms with Gasteiger partial charge in [-0.3, -0.25) is 0 Å². The first-order valence-electron chi connectivity index (χ1n) is 18.8. The lowest BCUT2D eigenvalue weighted by molar-refractivity contribution is 1.17. The number of nitrogens with zero attached hydrogens (tertiary/aromatic N) is 2. The number of benzene rings is 9. The molecule has 2 heterocycles. The fourth-order valence-corrected chi connectivity index (χ4v) is 9.62. The van der Waals surface area contributed by atoms with E-state index in [1.807, 2.05) is 11.3 Å². The lowest BCUT2D eigenvalue weighted by Gasteiger charge is -2.29. The van der Waals surface area contributed by atoms with E-state index in [1.54, 1.807) is 0 Å². The molecule has 0 radical (unpaired) electrons. The summed E-state index contributed by atoms with van der Waals surface area (Å²) in [6.07, 6.45) is 0. The molecule has 0 bridgehead atoms. The molecule has 2 nitrogen and oxygen atoms in total. The minimum atomic E-state index is 1.09. The summed E-state index contributed by atoms with van der Waals surface area (Å²) in [6, 6.07) is 75.4. The van der Waals surface area contributed by atoms with Gasteiger partial charge in [-0.1, -0.05) is 152 Å². The van der Waals surface area contributed by atoms with Crippen molar-refractivity contribution in [1.82, 2.24) is 4.57 Å². The van der Waals surface area contributed by atoms with Crippen LogP contribution in [0.3, 0.4) is 0 Å². The number of para-hydroxylation sites is 2. The van der Waals surface area contributed by atoms with Crippen LogP contribution in [-0.2, 0) is 0 Å². The Morgan fingerprint density at radius 3 is 1.82 bits per heavy atom. The van der Waals surface area contributed by atoms with Crippen LogP contribution in [0.15, 0.2) is 206 Å². The van der Waals surface area contributed by atoms with Gasteiger partial charge >= 0.3 is 0 Å². The third-order valence-corrected chi connectivity index (χ3v) is 12.1. The number of thiophene rings is 1. The Morgan fingerprint density at radius 1 is 0.364 bits per heavy atom. The molecule has 9 aromatic carbocycles. The second kappa shape index (κ2) is 12.9. The van der Waals surface area contributed by atoms with Crippen LogP contribution in [0.2, 0.25) is 0 Å². The quantitative estimate of drug-likeness (QED) is 0.166. The second-order valence-corrected chi connectivity index (χ2v) is 15.2. The molecule has 2 aromatic heterocycles. The lowest BCUT2D eigenvalue weighted by Crippen LogP contribution is -2.12. The molecule has 0 spiro atoms. The summed E-state index contributed by atoms with van der Waals surface area (Å²) >= 11 is 1.86. The van der Waals surface area contributed by atoms with Gasteiger partial charge in [0.15, 0.2) is 0 Å². The summed E-state index contributed by atoms with van der Waals surface area (Å²) in [4.78, 5) is 2.47. The molecular weight excluding hydrogens is 685 g/mol. The van der Waals surface area contributed by atoms with Crippen molar-refractivity contribution in [3.8, 4) is 27.9 Å². The van der Waals surface area contributed by atoms with Crippen molar-refractivity contribution in [3.05, 3.63) is 206 Å². The van der Waals surface area contributed by atoms with Crippen LogP contribution in [0.4, 0.5) is 17.1 Å². The molecule has 0 fully saturated rings. The van der Waals surface area contributed by atoms with Crippen molar-refractivity contribution in [3.63, 3.8) is 0 Å². The molecule has 0 atom stereocenters. The topological polar surface area (TPSA) is 8.17 Å². The number of hydrogen-bond donors (Lipinski definition) is 0. The van der Waals surface area contributed by atoms with Crippen LogP contribution in [0, 0.1) is 0 Å². The number of anilines is 3. The highest BCUT2D eigenvalue weighted by molar-refractivity contribution is 7.25. The molecule has 0 aliphatic carbocycles. The molecule has 0 saturated heterocycles. The van der Waals surface area contributed by atoms with E-state index in [0.717, 1.165) is 22.7 Å². The number of hydrogen-bond acceptors (Lipinski definition) is 2. The van der Waals surface area contributed by atoms with Crippen LogP contribution in [0.5, 0.6) is 0 Å². The van der Waals surface area contributed by atoms with Gasteiger partial charge in [0.25, 0.3) is 0 Å². The van der Waals surface area contributed by atoms with E-state index in [9.17, 15) is 0 Å². The highest BCUT2D eigenvalue weighted by atomic mass is 32.1. The van der Waals surface area contributed by atoms with Crippen molar-refractivity contribution in [2.75, 3.05) is 4.90 Å². The van der Waals surface area contributed by atoms with E-state index in [4.69, 9.17) is 0 Å². The molecule has 0 N–H and O–H groups in total. The Morgan fingerprint density at radius 2 is 1.00 bits per heavy atom. The number of rotatable bonds is 6. The molecule has 11 aromatic rings. The minimum Gasteiger partial charge on any atom is -0.310 e. The number of fused-ring (bicyclic) bond motifs is 7. The summed E-state index contributed by atoms with van der Waals surface area (Å²) in [5.74, 6) is 0. The van der Waals surface area contributed by atoms with Gasteiger partial charge in [-0.05, 0) is 82.1 Å². The maximum Gasteiger partial charge on any atom is 0.0546 e. The standard InChI is InChI=1S/C52H34N2S/c1-2-14-36(15-3-1)43-30-28-37(42-24-12-17-35-16-4-5-20-41(35)42)32-50(43)53(40-29-31-47-46-23-8-11-27-51(46)55-52(47)34-40)38-18-13-19-39(33-38)54-48-25-9-6-21-44(48)45-22-7-10-26-49(45)54/h1-34H. The second-order valence-electron chi connectivity index (χ2n) is 14.1. The van der Waals surface area contributed by atoms with Crippen molar-refractivity contribution >= 4 is 81.1 Å². The average Bonchev–Trinajstić information content (AvgIpc) is 3.79. The number of aromatic nitrogens is 1. The molecule has 0 unspecified atom stereocenters. The summed E-state index contributed by atoms with van der Waals surface area (Å²) in [6.45, 7) is 0. The minimum absolute atomic E-state index is 1.09. The van der Waals surface area contributed by atoms with E-state index in [1.165, 1.54) is 75.0 Å². The molecule has 0 aliphatic rings. The van der Waals surface area contributed by atoms with Gasteiger partial charge in [0.1, 0.15) is 0 Å². The van der Waals surface area contributed by atoms with Crippen molar-refractivity contribution in [2.24, 2.45) is 0 Å². The molecule has 258 valence electrons. The third-order valence-electron chi connectivity index (χ3n) is 11.0. The molecule has 0 aliphatic heterocycles. The van der Waals surface area contributed by atoms with Crippen molar-refractivity contribution in [1.29, 1.82) is 0 Å². The molecule has 11 rings (SSSR count).